The number of rotatable bonds is 5. The number of hydrogen-bond donors (Lipinski definition) is 1. The van der Waals surface area contributed by atoms with Crippen LogP contribution in [0, 0.1) is 0 Å². The second-order valence-corrected chi connectivity index (χ2v) is 5.42. The van der Waals surface area contributed by atoms with Crippen LogP contribution in [0.25, 0.3) is 0 Å². The fourth-order valence-electron chi connectivity index (χ4n) is 2.62. The molecule has 0 aromatic carbocycles. The number of nitrogens with zero attached hydrogens (tertiary/aromatic N) is 4. The first-order valence-electron chi connectivity index (χ1n) is 7.39. The van der Waals surface area contributed by atoms with Gasteiger partial charge in [-0.3, -0.25) is 4.90 Å². The average molecular weight is 261 g/mol. The van der Waals surface area contributed by atoms with Gasteiger partial charge in [-0.15, -0.1) is 5.10 Å². The average Bonchev–Trinajstić information content (AvgIpc) is 3.31. The summed E-state index contributed by atoms with van der Waals surface area (Å²) in [5, 5.41) is 11.9. The number of piperazine rings is 1. The summed E-state index contributed by atoms with van der Waals surface area (Å²) in [4.78, 5) is 4.96. The SMILES string of the molecule is CCNCc1ccc(N2CCN(C3CC3)CC2)nn1. The summed E-state index contributed by atoms with van der Waals surface area (Å²) in [7, 11) is 0. The van der Waals surface area contributed by atoms with E-state index in [1.165, 1.54) is 25.9 Å². The van der Waals surface area contributed by atoms with E-state index in [2.05, 4.69) is 44.4 Å². The van der Waals surface area contributed by atoms with Crippen LogP contribution in [-0.4, -0.2) is 53.9 Å². The fraction of sp³-hybridized carbons (Fsp3) is 0.714. The second kappa shape index (κ2) is 5.84. The standard InChI is InChI=1S/C14H23N5/c1-2-15-11-12-3-6-14(17-16-12)19-9-7-18(8-10-19)13-4-5-13/h3,6,13,15H,2,4-5,7-11H2,1H3. The van der Waals surface area contributed by atoms with Crippen molar-refractivity contribution in [3.05, 3.63) is 17.8 Å². The Morgan fingerprint density at radius 3 is 2.53 bits per heavy atom. The lowest BCUT2D eigenvalue weighted by atomic mass is 10.3. The molecule has 1 aliphatic heterocycles. The maximum Gasteiger partial charge on any atom is 0.151 e. The quantitative estimate of drug-likeness (QED) is 0.852. The smallest absolute Gasteiger partial charge is 0.151 e. The molecular formula is C14H23N5. The van der Waals surface area contributed by atoms with Gasteiger partial charge in [0.25, 0.3) is 0 Å². The Morgan fingerprint density at radius 2 is 1.95 bits per heavy atom. The number of anilines is 1. The molecule has 5 nitrogen and oxygen atoms in total. The van der Waals surface area contributed by atoms with E-state index in [0.717, 1.165) is 43.7 Å². The zero-order valence-electron chi connectivity index (χ0n) is 11.7. The molecular weight excluding hydrogens is 238 g/mol. The largest absolute Gasteiger partial charge is 0.353 e. The summed E-state index contributed by atoms with van der Waals surface area (Å²) in [6.07, 6.45) is 2.80. The van der Waals surface area contributed by atoms with Crippen LogP contribution in [0.2, 0.25) is 0 Å². The van der Waals surface area contributed by atoms with Gasteiger partial charge in [0.05, 0.1) is 5.69 Å². The topological polar surface area (TPSA) is 44.3 Å². The highest BCUT2D eigenvalue weighted by Gasteiger charge is 2.31. The zero-order chi connectivity index (χ0) is 13.1. The predicted octanol–water partition coefficient (Wildman–Crippen LogP) is 0.871. The first kappa shape index (κ1) is 12.8. The van der Waals surface area contributed by atoms with Crippen molar-refractivity contribution >= 4 is 5.82 Å². The second-order valence-electron chi connectivity index (χ2n) is 5.42. The molecule has 0 unspecified atom stereocenters. The van der Waals surface area contributed by atoms with Gasteiger partial charge in [-0.25, -0.2) is 0 Å². The highest BCUT2D eigenvalue weighted by molar-refractivity contribution is 5.38. The van der Waals surface area contributed by atoms with Crippen molar-refractivity contribution in [3.8, 4) is 0 Å². The van der Waals surface area contributed by atoms with Gasteiger partial charge in [-0.05, 0) is 31.5 Å². The van der Waals surface area contributed by atoms with E-state index < -0.39 is 0 Å². The minimum Gasteiger partial charge on any atom is -0.353 e. The van der Waals surface area contributed by atoms with Crippen LogP contribution in [0.3, 0.4) is 0 Å². The lowest BCUT2D eigenvalue weighted by Crippen LogP contribution is -2.47. The normalized spacial score (nSPS) is 20.8. The molecule has 104 valence electrons. The summed E-state index contributed by atoms with van der Waals surface area (Å²) in [5.74, 6) is 1.02. The maximum absolute atomic E-state index is 4.36. The molecule has 2 fully saturated rings. The van der Waals surface area contributed by atoms with E-state index in [1.807, 2.05) is 0 Å². The Morgan fingerprint density at radius 1 is 1.16 bits per heavy atom. The molecule has 0 spiro atoms. The van der Waals surface area contributed by atoms with Crippen molar-refractivity contribution in [1.82, 2.24) is 20.4 Å². The summed E-state index contributed by atoms with van der Waals surface area (Å²) < 4.78 is 0. The third-order valence-corrected chi connectivity index (χ3v) is 3.96. The van der Waals surface area contributed by atoms with Gasteiger partial charge in [-0.2, -0.15) is 5.10 Å². The van der Waals surface area contributed by atoms with E-state index in [9.17, 15) is 0 Å². The van der Waals surface area contributed by atoms with Crippen LogP contribution in [0.15, 0.2) is 12.1 Å². The van der Waals surface area contributed by atoms with E-state index in [0.29, 0.717) is 0 Å². The minimum atomic E-state index is 0.805. The van der Waals surface area contributed by atoms with Crippen LogP contribution >= 0.6 is 0 Å². The molecule has 1 saturated heterocycles. The molecule has 2 heterocycles. The van der Waals surface area contributed by atoms with Crippen molar-refractivity contribution in [2.24, 2.45) is 0 Å². The van der Waals surface area contributed by atoms with E-state index in [-0.39, 0.29) is 0 Å². The highest BCUT2D eigenvalue weighted by Crippen LogP contribution is 2.28. The molecule has 19 heavy (non-hydrogen) atoms. The van der Waals surface area contributed by atoms with Gasteiger partial charge in [0, 0.05) is 38.8 Å². The number of nitrogens with one attached hydrogen (secondary N) is 1. The minimum absolute atomic E-state index is 0.805. The van der Waals surface area contributed by atoms with Crippen LogP contribution in [0.5, 0.6) is 0 Å². The lowest BCUT2D eigenvalue weighted by molar-refractivity contribution is 0.247. The van der Waals surface area contributed by atoms with Crippen molar-refractivity contribution in [3.63, 3.8) is 0 Å². The molecule has 1 N–H and O–H groups in total. The first-order valence-corrected chi connectivity index (χ1v) is 7.39. The molecule has 0 radical (unpaired) electrons. The summed E-state index contributed by atoms with van der Waals surface area (Å²) in [5.41, 5.74) is 1.02. The maximum atomic E-state index is 4.36. The summed E-state index contributed by atoms with van der Waals surface area (Å²) in [6.45, 7) is 8.37. The molecule has 1 aliphatic carbocycles. The molecule has 0 bridgehead atoms. The zero-order valence-corrected chi connectivity index (χ0v) is 11.7. The van der Waals surface area contributed by atoms with Gasteiger partial charge in [0.1, 0.15) is 0 Å². The van der Waals surface area contributed by atoms with Crippen molar-refractivity contribution in [1.29, 1.82) is 0 Å². The predicted molar refractivity (Wildman–Crippen MR) is 76.2 cm³/mol. The van der Waals surface area contributed by atoms with E-state index in [1.54, 1.807) is 0 Å². The molecule has 2 aliphatic rings. The van der Waals surface area contributed by atoms with Gasteiger partial charge in [0.2, 0.25) is 0 Å². The molecule has 0 atom stereocenters. The van der Waals surface area contributed by atoms with Crippen LogP contribution < -0.4 is 10.2 Å². The monoisotopic (exact) mass is 261 g/mol. The van der Waals surface area contributed by atoms with Crippen LogP contribution in [0.4, 0.5) is 5.82 Å². The van der Waals surface area contributed by atoms with E-state index in [4.69, 9.17) is 0 Å². The summed E-state index contributed by atoms with van der Waals surface area (Å²) >= 11 is 0. The Hall–Kier alpha value is -1.20. The molecule has 3 rings (SSSR count). The molecule has 1 aromatic rings. The van der Waals surface area contributed by atoms with Gasteiger partial charge < -0.3 is 10.2 Å². The van der Waals surface area contributed by atoms with Crippen LogP contribution in [-0.2, 0) is 6.54 Å². The van der Waals surface area contributed by atoms with Crippen molar-refractivity contribution in [2.75, 3.05) is 37.6 Å². The molecule has 1 aromatic heterocycles. The third kappa shape index (κ3) is 3.22. The van der Waals surface area contributed by atoms with E-state index >= 15 is 0 Å². The van der Waals surface area contributed by atoms with Crippen LogP contribution in [0.1, 0.15) is 25.5 Å². The van der Waals surface area contributed by atoms with Gasteiger partial charge in [-0.1, -0.05) is 6.92 Å². The fourth-order valence-corrected chi connectivity index (χ4v) is 2.62. The Labute approximate surface area is 115 Å². The third-order valence-electron chi connectivity index (χ3n) is 3.96. The van der Waals surface area contributed by atoms with Gasteiger partial charge in [0.15, 0.2) is 5.82 Å². The van der Waals surface area contributed by atoms with Crippen molar-refractivity contribution < 1.29 is 0 Å². The van der Waals surface area contributed by atoms with Gasteiger partial charge >= 0.3 is 0 Å². The molecule has 1 saturated carbocycles. The number of hydrogen-bond acceptors (Lipinski definition) is 5. The Bertz CT molecular complexity index is 393. The Kier molecular flexibility index (Phi) is 3.94. The first-order chi connectivity index (χ1) is 9.36. The summed E-state index contributed by atoms with van der Waals surface area (Å²) in [6, 6.07) is 5.07. The molecule has 5 heteroatoms. The van der Waals surface area contributed by atoms with Crippen molar-refractivity contribution in [2.45, 2.75) is 32.4 Å². The lowest BCUT2D eigenvalue weighted by Gasteiger charge is -2.35. The Balaban J connectivity index is 1.54. The number of aromatic nitrogens is 2. The highest BCUT2D eigenvalue weighted by atomic mass is 15.3. The molecule has 0 amide bonds.